The predicted molar refractivity (Wildman–Crippen MR) is 152 cm³/mol. The molecule has 0 nitrogen and oxygen atoms in total. The van der Waals surface area contributed by atoms with E-state index >= 15 is 0 Å². The summed E-state index contributed by atoms with van der Waals surface area (Å²) < 4.78 is 0. The first-order chi connectivity index (χ1) is 17.3. The number of aryl methyl sites for hydroxylation is 1. The molecule has 0 spiro atoms. The Balaban J connectivity index is 1.65. The quantitative estimate of drug-likeness (QED) is 0.233. The van der Waals surface area contributed by atoms with E-state index in [0.29, 0.717) is 0 Å². The zero-order valence-corrected chi connectivity index (χ0v) is 19.6. The molecule has 0 bridgehead atoms. The van der Waals surface area contributed by atoms with E-state index in [1.54, 1.807) is 0 Å². The highest BCUT2D eigenvalue weighted by molar-refractivity contribution is 6.23. The van der Waals surface area contributed by atoms with E-state index in [-0.39, 0.29) is 0 Å². The second-order valence-electron chi connectivity index (χ2n) is 9.38. The Morgan fingerprint density at radius 3 is 1.54 bits per heavy atom. The first kappa shape index (κ1) is 20.0. The van der Waals surface area contributed by atoms with Crippen LogP contribution in [0, 0.1) is 6.92 Å². The van der Waals surface area contributed by atoms with Crippen LogP contribution in [0.25, 0.3) is 65.3 Å². The lowest BCUT2D eigenvalue weighted by Crippen LogP contribution is -1.92. The smallest absolute Gasteiger partial charge is 0.00201 e. The van der Waals surface area contributed by atoms with Crippen LogP contribution >= 0.6 is 0 Å². The highest BCUT2D eigenvalue weighted by atomic mass is 14.2. The summed E-state index contributed by atoms with van der Waals surface area (Å²) in [5.74, 6) is 0. The molecule has 7 rings (SSSR count). The minimum atomic E-state index is 1.26. The largest absolute Gasteiger partial charge is 0.0616 e. The fraction of sp³-hybridized carbons (Fsp3) is 0.0286. The van der Waals surface area contributed by atoms with Gasteiger partial charge in [-0.3, -0.25) is 0 Å². The lowest BCUT2D eigenvalue weighted by Gasteiger charge is -2.19. The standard InChI is InChI=1S/C35H24/c1-23-18-21-33(28-13-5-4-12-27(23)28)35-31-16-8-6-14-29(31)34(30-15-7-9-17-32(30)35)26-20-19-24-10-2-3-11-25(24)22-26/h2-22H,1H3. The molecule has 35 heavy (non-hydrogen) atoms. The monoisotopic (exact) mass is 444 g/mol. The maximum absolute atomic E-state index is 2.34. The zero-order valence-electron chi connectivity index (χ0n) is 19.6. The Hall–Kier alpha value is -4.42. The lowest BCUT2D eigenvalue weighted by molar-refractivity contribution is 1.53. The summed E-state index contributed by atoms with van der Waals surface area (Å²) in [5.41, 5.74) is 6.49. The Labute approximate surface area is 205 Å². The molecule has 0 heterocycles. The summed E-state index contributed by atoms with van der Waals surface area (Å²) >= 11 is 0. The van der Waals surface area contributed by atoms with Crippen LogP contribution in [0.15, 0.2) is 127 Å². The van der Waals surface area contributed by atoms with Gasteiger partial charge in [-0.25, -0.2) is 0 Å². The van der Waals surface area contributed by atoms with Crippen molar-refractivity contribution < 1.29 is 0 Å². The van der Waals surface area contributed by atoms with Crippen LogP contribution in [0.4, 0.5) is 0 Å². The van der Waals surface area contributed by atoms with Gasteiger partial charge in [0.2, 0.25) is 0 Å². The molecule has 0 aliphatic rings. The van der Waals surface area contributed by atoms with Gasteiger partial charge in [0.15, 0.2) is 0 Å². The molecular formula is C35H24. The van der Waals surface area contributed by atoms with E-state index in [9.17, 15) is 0 Å². The fourth-order valence-electron chi connectivity index (χ4n) is 5.74. The van der Waals surface area contributed by atoms with Crippen LogP contribution in [0.5, 0.6) is 0 Å². The van der Waals surface area contributed by atoms with Crippen LogP contribution in [0.1, 0.15) is 5.56 Å². The highest BCUT2D eigenvalue weighted by Gasteiger charge is 2.18. The van der Waals surface area contributed by atoms with E-state index in [4.69, 9.17) is 0 Å². The normalized spacial score (nSPS) is 11.6. The molecular weight excluding hydrogens is 420 g/mol. The van der Waals surface area contributed by atoms with Gasteiger partial charge in [0.1, 0.15) is 0 Å². The van der Waals surface area contributed by atoms with Gasteiger partial charge in [0.25, 0.3) is 0 Å². The Kier molecular flexibility index (Phi) is 4.47. The van der Waals surface area contributed by atoms with Gasteiger partial charge in [-0.15, -0.1) is 0 Å². The number of fused-ring (bicyclic) bond motifs is 4. The molecule has 0 heteroatoms. The highest BCUT2D eigenvalue weighted by Crippen LogP contribution is 2.45. The average Bonchev–Trinajstić information content (AvgIpc) is 2.92. The molecule has 0 amide bonds. The van der Waals surface area contributed by atoms with Crippen LogP contribution < -0.4 is 0 Å². The van der Waals surface area contributed by atoms with Crippen molar-refractivity contribution in [2.75, 3.05) is 0 Å². The maximum atomic E-state index is 2.34. The molecule has 0 aliphatic heterocycles. The summed E-state index contributed by atoms with van der Waals surface area (Å²) in [5, 5.41) is 10.3. The van der Waals surface area contributed by atoms with Crippen LogP contribution in [0.2, 0.25) is 0 Å². The number of hydrogen-bond donors (Lipinski definition) is 0. The van der Waals surface area contributed by atoms with Crippen LogP contribution in [0.3, 0.4) is 0 Å². The predicted octanol–water partition coefficient (Wildman–Crippen LogP) is 9.94. The third-order valence-electron chi connectivity index (χ3n) is 7.38. The summed E-state index contributed by atoms with van der Waals surface area (Å²) in [6.07, 6.45) is 0. The van der Waals surface area contributed by atoms with E-state index in [2.05, 4.69) is 134 Å². The van der Waals surface area contributed by atoms with Gasteiger partial charge < -0.3 is 0 Å². The Morgan fingerprint density at radius 2 is 0.886 bits per heavy atom. The molecule has 0 atom stereocenters. The van der Waals surface area contributed by atoms with Crippen molar-refractivity contribution in [3.05, 3.63) is 133 Å². The molecule has 7 aromatic carbocycles. The van der Waals surface area contributed by atoms with E-state index in [1.165, 1.54) is 70.9 Å². The number of rotatable bonds is 2. The third-order valence-corrected chi connectivity index (χ3v) is 7.38. The summed E-state index contributed by atoms with van der Waals surface area (Å²) in [4.78, 5) is 0. The fourth-order valence-corrected chi connectivity index (χ4v) is 5.74. The van der Waals surface area contributed by atoms with E-state index in [0.717, 1.165) is 0 Å². The van der Waals surface area contributed by atoms with Crippen molar-refractivity contribution in [1.82, 2.24) is 0 Å². The molecule has 0 saturated heterocycles. The molecule has 164 valence electrons. The number of benzene rings is 7. The van der Waals surface area contributed by atoms with Crippen molar-refractivity contribution in [3.63, 3.8) is 0 Å². The van der Waals surface area contributed by atoms with E-state index < -0.39 is 0 Å². The average molecular weight is 445 g/mol. The molecule has 0 fully saturated rings. The van der Waals surface area contributed by atoms with Gasteiger partial charge in [-0.2, -0.15) is 0 Å². The maximum Gasteiger partial charge on any atom is -0.00201 e. The Bertz CT molecular complexity index is 1850. The Morgan fingerprint density at radius 1 is 0.371 bits per heavy atom. The van der Waals surface area contributed by atoms with Gasteiger partial charge in [0.05, 0.1) is 0 Å². The third kappa shape index (κ3) is 3.07. The van der Waals surface area contributed by atoms with Gasteiger partial charge in [-0.05, 0) is 83.9 Å². The zero-order chi connectivity index (χ0) is 23.4. The summed E-state index contributed by atoms with van der Waals surface area (Å²) in [7, 11) is 0. The van der Waals surface area contributed by atoms with Crippen molar-refractivity contribution >= 4 is 43.1 Å². The molecule has 0 N–H and O–H groups in total. The molecule has 0 aromatic heterocycles. The molecule has 0 aliphatic carbocycles. The molecule has 0 radical (unpaired) electrons. The number of hydrogen-bond acceptors (Lipinski definition) is 0. The molecule has 0 saturated carbocycles. The van der Waals surface area contributed by atoms with Gasteiger partial charge in [0, 0.05) is 0 Å². The van der Waals surface area contributed by atoms with Gasteiger partial charge in [-0.1, -0.05) is 121 Å². The minimum absolute atomic E-state index is 1.26. The SMILES string of the molecule is Cc1ccc(-c2c3ccccc3c(-c3ccc4ccccc4c3)c3ccccc23)c2ccccc12. The minimum Gasteiger partial charge on any atom is -0.0616 e. The van der Waals surface area contributed by atoms with Crippen molar-refractivity contribution in [2.45, 2.75) is 6.92 Å². The van der Waals surface area contributed by atoms with Crippen molar-refractivity contribution in [3.8, 4) is 22.3 Å². The second kappa shape index (κ2) is 7.82. The second-order valence-corrected chi connectivity index (χ2v) is 9.38. The van der Waals surface area contributed by atoms with Crippen molar-refractivity contribution in [2.24, 2.45) is 0 Å². The molecule has 0 unspecified atom stereocenters. The summed E-state index contributed by atoms with van der Waals surface area (Å²) in [6, 6.07) is 46.6. The topological polar surface area (TPSA) is 0 Å². The first-order valence-corrected chi connectivity index (χ1v) is 12.2. The molecule has 7 aromatic rings. The van der Waals surface area contributed by atoms with Crippen LogP contribution in [-0.2, 0) is 0 Å². The summed E-state index contributed by atoms with van der Waals surface area (Å²) in [6.45, 7) is 2.20. The first-order valence-electron chi connectivity index (χ1n) is 12.2. The van der Waals surface area contributed by atoms with Crippen molar-refractivity contribution in [1.29, 1.82) is 0 Å². The lowest BCUT2D eigenvalue weighted by atomic mass is 9.84. The van der Waals surface area contributed by atoms with Gasteiger partial charge >= 0.3 is 0 Å². The van der Waals surface area contributed by atoms with Crippen LogP contribution in [-0.4, -0.2) is 0 Å². The van der Waals surface area contributed by atoms with E-state index in [1.807, 2.05) is 0 Å².